The van der Waals surface area contributed by atoms with E-state index in [1.54, 1.807) is 42.5 Å². The molecule has 3 aromatic carbocycles. The molecular formula is C25H27ClN2O4S. The van der Waals surface area contributed by atoms with Crippen LogP contribution in [-0.4, -0.2) is 33.7 Å². The van der Waals surface area contributed by atoms with Gasteiger partial charge in [-0.2, -0.15) is 0 Å². The van der Waals surface area contributed by atoms with Crippen LogP contribution in [0.15, 0.2) is 66.7 Å². The molecule has 0 aromatic heterocycles. The maximum absolute atomic E-state index is 12.4. The number of aryl methyl sites for hydroxylation is 2. The predicted molar refractivity (Wildman–Crippen MR) is 133 cm³/mol. The van der Waals surface area contributed by atoms with E-state index in [4.69, 9.17) is 16.3 Å². The van der Waals surface area contributed by atoms with Gasteiger partial charge < -0.3 is 10.1 Å². The zero-order valence-corrected chi connectivity index (χ0v) is 20.4. The number of anilines is 1. The number of ether oxygens (including phenoxy) is 1. The van der Waals surface area contributed by atoms with Crippen molar-refractivity contribution >= 4 is 33.2 Å². The van der Waals surface area contributed by atoms with Crippen LogP contribution < -0.4 is 14.4 Å². The summed E-state index contributed by atoms with van der Waals surface area (Å²) in [5, 5.41) is 3.37. The van der Waals surface area contributed by atoms with E-state index in [1.165, 1.54) is 10.6 Å². The second-order valence-electron chi connectivity index (χ2n) is 7.77. The fourth-order valence-corrected chi connectivity index (χ4v) is 4.53. The Hall–Kier alpha value is -3.03. The van der Waals surface area contributed by atoms with Crippen LogP contribution in [0.25, 0.3) is 0 Å². The van der Waals surface area contributed by atoms with E-state index in [1.807, 2.05) is 38.1 Å². The molecule has 3 rings (SSSR count). The van der Waals surface area contributed by atoms with Crippen molar-refractivity contribution in [2.75, 3.05) is 23.7 Å². The lowest BCUT2D eigenvalue weighted by Gasteiger charge is -2.24. The van der Waals surface area contributed by atoms with Crippen LogP contribution in [0.2, 0.25) is 5.02 Å². The van der Waals surface area contributed by atoms with E-state index in [0.29, 0.717) is 29.4 Å². The Morgan fingerprint density at radius 2 is 1.70 bits per heavy atom. The maximum Gasteiger partial charge on any atom is 0.251 e. The van der Waals surface area contributed by atoms with Gasteiger partial charge in [-0.05, 0) is 66.9 Å². The number of hydrogen-bond donors (Lipinski definition) is 1. The van der Waals surface area contributed by atoms with Crippen LogP contribution in [0.1, 0.15) is 27.0 Å². The number of sulfonamides is 1. The van der Waals surface area contributed by atoms with E-state index < -0.39 is 10.0 Å². The van der Waals surface area contributed by atoms with Gasteiger partial charge in [-0.1, -0.05) is 41.9 Å². The molecule has 6 nitrogen and oxygen atoms in total. The first-order chi connectivity index (χ1) is 15.6. The predicted octanol–water partition coefficient (Wildman–Crippen LogP) is 4.73. The molecule has 0 aliphatic rings. The third-order valence-electron chi connectivity index (χ3n) is 5.11. The van der Waals surface area contributed by atoms with Crippen molar-refractivity contribution in [3.05, 3.63) is 94.0 Å². The highest BCUT2D eigenvalue weighted by atomic mass is 35.5. The molecule has 8 heteroatoms. The average molecular weight is 487 g/mol. The van der Waals surface area contributed by atoms with Crippen molar-refractivity contribution < 1.29 is 17.9 Å². The van der Waals surface area contributed by atoms with Gasteiger partial charge >= 0.3 is 0 Å². The first kappa shape index (κ1) is 24.6. The normalized spacial score (nSPS) is 11.2. The average Bonchev–Trinajstić information content (AvgIpc) is 2.76. The molecule has 3 aromatic rings. The van der Waals surface area contributed by atoms with Gasteiger partial charge in [0, 0.05) is 10.6 Å². The van der Waals surface area contributed by atoms with Gasteiger partial charge in [0.15, 0.2) is 0 Å². The molecular weight excluding hydrogens is 460 g/mol. The summed E-state index contributed by atoms with van der Waals surface area (Å²) in [6.07, 6.45) is 1.17. The number of rotatable bonds is 9. The zero-order chi connectivity index (χ0) is 24.0. The van der Waals surface area contributed by atoms with E-state index >= 15 is 0 Å². The number of halogens is 1. The second kappa shape index (κ2) is 10.7. The summed E-state index contributed by atoms with van der Waals surface area (Å²) >= 11 is 6.01. The van der Waals surface area contributed by atoms with E-state index in [0.717, 1.165) is 22.4 Å². The molecule has 0 saturated carbocycles. The molecule has 174 valence electrons. The third-order valence-corrected chi connectivity index (χ3v) is 6.47. The molecule has 1 N–H and O–H groups in total. The number of benzene rings is 3. The van der Waals surface area contributed by atoms with Crippen LogP contribution >= 0.6 is 11.6 Å². The van der Waals surface area contributed by atoms with Gasteiger partial charge in [0.25, 0.3) is 5.91 Å². The highest BCUT2D eigenvalue weighted by Gasteiger charge is 2.20. The fourth-order valence-electron chi connectivity index (χ4n) is 3.35. The lowest BCUT2D eigenvalue weighted by atomic mass is 10.1. The summed E-state index contributed by atoms with van der Waals surface area (Å²) in [5.41, 5.74) is 3.61. The largest absolute Gasteiger partial charge is 0.491 e. The molecule has 0 radical (unpaired) electrons. The standard InChI is InChI=1S/C25H27ClN2O4S/c1-18-6-4-5-7-24(18)32-15-14-27-25(29)21-10-8-20(9-11-21)17-28(33(3,30)31)23-13-12-22(26)16-19(23)2/h4-13,16H,14-15,17H2,1-3H3,(H,27,29). The Morgan fingerprint density at radius 1 is 1.00 bits per heavy atom. The Kier molecular flexibility index (Phi) is 8.00. The van der Waals surface area contributed by atoms with Crippen molar-refractivity contribution in [1.82, 2.24) is 5.32 Å². The molecule has 0 aliphatic heterocycles. The number of para-hydroxylation sites is 1. The van der Waals surface area contributed by atoms with Crippen LogP contribution in [-0.2, 0) is 16.6 Å². The van der Waals surface area contributed by atoms with Crippen molar-refractivity contribution in [1.29, 1.82) is 0 Å². The van der Waals surface area contributed by atoms with Gasteiger partial charge in [0.2, 0.25) is 10.0 Å². The van der Waals surface area contributed by atoms with Crippen molar-refractivity contribution in [2.45, 2.75) is 20.4 Å². The number of carbonyl (C=O) groups excluding carboxylic acids is 1. The SMILES string of the molecule is Cc1ccccc1OCCNC(=O)c1ccc(CN(c2ccc(Cl)cc2C)S(C)(=O)=O)cc1. The zero-order valence-electron chi connectivity index (χ0n) is 18.8. The highest BCUT2D eigenvalue weighted by Crippen LogP contribution is 2.27. The van der Waals surface area contributed by atoms with Crippen LogP contribution in [0.4, 0.5) is 5.69 Å². The molecule has 0 heterocycles. The van der Waals surface area contributed by atoms with Gasteiger partial charge in [0.1, 0.15) is 12.4 Å². The quantitative estimate of drug-likeness (QED) is 0.443. The summed E-state index contributed by atoms with van der Waals surface area (Å²) < 4.78 is 31.9. The summed E-state index contributed by atoms with van der Waals surface area (Å²) in [7, 11) is -3.52. The lowest BCUT2D eigenvalue weighted by Crippen LogP contribution is -2.30. The molecule has 33 heavy (non-hydrogen) atoms. The van der Waals surface area contributed by atoms with Crippen molar-refractivity contribution in [3.8, 4) is 5.75 Å². The topological polar surface area (TPSA) is 75.7 Å². The van der Waals surface area contributed by atoms with E-state index in [9.17, 15) is 13.2 Å². The first-order valence-electron chi connectivity index (χ1n) is 10.4. The minimum atomic E-state index is -3.52. The number of nitrogens with zero attached hydrogens (tertiary/aromatic N) is 1. The molecule has 1 amide bonds. The number of carbonyl (C=O) groups is 1. The van der Waals surface area contributed by atoms with Crippen LogP contribution in [0.5, 0.6) is 5.75 Å². The van der Waals surface area contributed by atoms with Crippen molar-refractivity contribution in [2.24, 2.45) is 0 Å². The third kappa shape index (κ3) is 6.73. The Morgan fingerprint density at radius 3 is 2.33 bits per heavy atom. The van der Waals surface area contributed by atoms with E-state index in [2.05, 4.69) is 5.32 Å². The summed E-state index contributed by atoms with van der Waals surface area (Å²) in [4.78, 5) is 12.4. The maximum atomic E-state index is 12.4. The molecule has 0 saturated heterocycles. The summed E-state index contributed by atoms with van der Waals surface area (Å²) in [5.74, 6) is 0.575. The first-order valence-corrected chi connectivity index (χ1v) is 12.7. The minimum absolute atomic E-state index is 0.146. The number of amides is 1. The molecule has 0 atom stereocenters. The Balaban J connectivity index is 1.61. The molecule has 0 unspecified atom stereocenters. The molecule has 0 aliphatic carbocycles. The summed E-state index contributed by atoms with van der Waals surface area (Å²) in [6, 6.07) is 19.7. The summed E-state index contributed by atoms with van der Waals surface area (Å²) in [6.45, 7) is 4.66. The minimum Gasteiger partial charge on any atom is -0.491 e. The number of nitrogens with one attached hydrogen (secondary N) is 1. The lowest BCUT2D eigenvalue weighted by molar-refractivity contribution is 0.0947. The molecule has 0 fully saturated rings. The monoisotopic (exact) mass is 486 g/mol. The fraction of sp³-hybridized carbons (Fsp3) is 0.240. The van der Waals surface area contributed by atoms with Crippen molar-refractivity contribution in [3.63, 3.8) is 0 Å². The molecule has 0 bridgehead atoms. The van der Waals surface area contributed by atoms with Crippen LogP contribution in [0, 0.1) is 13.8 Å². The van der Waals surface area contributed by atoms with Crippen LogP contribution in [0.3, 0.4) is 0 Å². The van der Waals surface area contributed by atoms with E-state index in [-0.39, 0.29) is 12.5 Å². The van der Waals surface area contributed by atoms with Gasteiger partial charge in [-0.25, -0.2) is 8.42 Å². The van der Waals surface area contributed by atoms with Gasteiger partial charge in [-0.3, -0.25) is 9.10 Å². The molecule has 0 spiro atoms. The highest BCUT2D eigenvalue weighted by molar-refractivity contribution is 7.92. The Labute approximate surface area is 200 Å². The van der Waals surface area contributed by atoms with Gasteiger partial charge in [-0.15, -0.1) is 0 Å². The second-order valence-corrected chi connectivity index (χ2v) is 10.1. The smallest absolute Gasteiger partial charge is 0.251 e. The number of hydrogen-bond acceptors (Lipinski definition) is 4. The Bertz CT molecular complexity index is 1230. The van der Waals surface area contributed by atoms with Gasteiger partial charge in [0.05, 0.1) is 25.0 Å².